The fraction of sp³-hybridized carbons (Fsp3) is 0.538. The lowest BCUT2D eigenvalue weighted by Gasteiger charge is -2.50. The summed E-state index contributed by atoms with van der Waals surface area (Å²) in [5.41, 5.74) is 9.36. The molecular weight excluding hydrogens is 386 g/mol. The fourth-order valence-electron chi connectivity index (χ4n) is 6.18. The number of pyridine rings is 1. The minimum Gasteiger partial charge on any atom is -0.390 e. The number of aromatic nitrogens is 1. The molecular formula is C26H35N3O2. The van der Waals surface area contributed by atoms with Gasteiger partial charge in [0.15, 0.2) is 0 Å². The highest BCUT2D eigenvalue weighted by Gasteiger charge is 2.49. The monoisotopic (exact) mass is 421 g/mol. The molecule has 31 heavy (non-hydrogen) atoms. The predicted octanol–water partition coefficient (Wildman–Crippen LogP) is 5.23. The number of aliphatic hydroxyl groups is 1. The average Bonchev–Trinajstić information content (AvgIpc) is 2.91. The molecule has 0 unspecified atom stereocenters. The van der Waals surface area contributed by atoms with E-state index in [1.807, 2.05) is 6.07 Å². The molecule has 1 aromatic heterocycles. The van der Waals surface area contributed by atoms with Crippen molar-refractivity contribution < 1.29 is 9.90 Å². The second kappa shape index (κ2) is 8.62. The summed E-state index contributed by atoms with van der Waals surface area (Å²) in [5, 5.41) is 14.1. The van der Waals surface area contributed by atoms with Crippen LogP contribution < -0.4 is 11.1 Å². The van der Waals surface area contributed by atoms with E-state index in [1.54, 1.807) is 18.3 Å². The van der Waals surface area contributed by atoms with Crippen LogP contribution in [-0.2, 0) is 11.8 Å². The van der Waals surface area contributed by atoms with Crippen molar-refractivity contribution in [2.45, 2.75) is 82.7 Å². The number of hydrogen-bond acceptors (Lipinski definition) is 4. The molecule has 4 rings (SSSR count). The maximum Gasteiger partial charge on any atom is 0.255 e. The first-order valence-corrected chi connectivity index (χ1v) is 11.8. The standard InChI is InChI=1S/C26H35N3O2/c1-3-12-25(31)13-14-26(4-2)20(17-25)8-5-7-18-16-19(10-11-21(18)26)24(30)29-22-9-6-15-28-23(22)27/h6,9-11,15-16,20,31H,3-5,7-8,12-14,17H2,1-2H3,(H2,27,28)(H,29,30)/t20-,25+,26+/m1/s1. The van der Waals surface area contributed by atoms with Gasteiger partial charge in [-0.15, -0.1) is 0 Å². The van der Waals surface area contributed by atoms with Crippen molar-refractivity contribution in [2.24, 2.45) is 5.92 Å². The Morgan fingerprint density at radius 2 is 2.13 bits per heavy atom. The minimum absolute atomic E-state index is 0.106. The van der Waals surface area contributed by atoms with E-state index >= 15 is 0 Å². The molecule has 2 aromatic rings. The maximum absolute atomic E-state index is 12.9. The molecule has 2 aliphatic carbocycles. The van der Waals surface area contributed by atoms with E-state index in [2.05, 4.69) is 36.3 Å². The zero-order chi connectivity index (χ0) is 22.1. The van der Waals surface area contributed by atoms with Gasteiger partial charge in [0.2, 0.25) is 0 Å². The molecule has 1 aromatic carbocycles. The number of aryl methyl sites for hydroxylation is 1. The number of hydrogen-bond donors (Lipinski definition) is 3. The predicted molar refractivity (Wildman–Crippen MR) is 125 cm³/mol. The third kappa shape index (κ3) is 4.08. The molecule has 1 fully saturated rings. The van der Waals surface area contributed by atoms with Gasteiger partial charge in [-0.1, -0.05) is 26.3 Å². The highest BCUT2D eigenvalue weighted by molar-refractivity contribution is 6.05. The molecule has 0 spiro atoms. The van der Waals surface area contributed by atoms with Crippen molar-refractivity contribution in [3.8, 4) is 0 Å². The Hall–Kier alpha value is -2.40. The van der Waals surface area contributed by atoms with Gasteiger partial charge in [-0.2, -0.15) is 0 Å². The number of carbonyl (C=O) groups excluding carboxylic acids is 1. The quantitative estimate of drug-likeness (QED) is 0.617. The van der Waals surface area contributed by atoms with Crippen molar-refractivity contribution in [3.05, 3.63) is 53.2 Å². The highest BCUT2D eigenvalue weighted by Crippen LogP contribution is 2.54. The zero-order valence-corrected chi connectivity index (χ0v) is 18.8. The van der Waals surface area contributed by atoms with Crippen molar-refractivity contribution in [1.29, 1.82) is 0 Å². The topological polar surface area (TPSA) is 88.2 Å². The van der Waals surface area contributed by atoms with E-state index < -0.39 is 5.60 Å². The zero-order valence-electron chi connectivity index (χ0n) is 18.8. The first-order valence-electron chi connectivity index (χ1n) is 11.8. The number of carbonyl (C=O) groups is 1. The molecule has 1 amide bonds. The number of rotatable bonds is 5. The summed E-state index contributed by atoms with van der Waals surface area (Å²) in [6, 6.07) is 9.73. The van der Waals surface area contributed by atoms with E-state index in [9.17, 15) is 9.90 Å². The maximum atomic E-state index is 12.9. The van der Waals surface area contributed by atoms with Gasteiger partial charge < -0.3 is 16.2 Å². The molecule has 3 atom stereocenters. The Bertz CT molecular complexity index is 959. The largest absolute Gasteiger partial charge is 0.390 e. The molecule has 1 heterocycles. The van der Waals surface area contributed by atoms with Gasteiger partial charge in [0.25, 0.3) is 5.91 Å². The number of nitrogens with one attached hydrogen (secondary N) is 1. The molecule has 2 aliphatic rings. The lowest BCUT2D eigenvalue weighted by Crippen LogP contribution is -2.47. The summed E-state index contributed by atoms with van der Waals surface area (Å²) in [6.07, 6.45) is 10.6. The molecule has 5 nitrogen and oxygen atoms in total. The van der Waals surface area contributed by atoms with E-state index in [-0.39, 0.29) is 11.3 Å². The Morgan fingerprint density at radius 1 is 1.29 bits per heavy atom. The second-order valence-electron chi connectivity index (χ2n) is 9.54. The number of nitrogen functional groups attached to an aromatic ring is 1. The van der Waals surface area contributed by atoms with E-state index in [1.165, 1.54) is 11.1 Å². The Kier molecular flexibility index (Phi) is 6.07. The smallest absolute Gasteiger partial charge is 0.255 e. The van der Waals surface area contributed by atoms with E-state index in [4.69, 9.17) is 5.73 Å². The van der Waals surface area contributed by atoms with Crippen LogP contribution in [0.5, 0.6) is 0 Å². The molecule has 0 bridgehead atoms. The number of nitrogens with two attached hydrogens (primary N) is 1. The van der Waals surface area contributed by atoms with Crippen LogP contribution in [0.2, 0.25) is 0 Å². The summed E-state index contributed by atoms with van der Waals surface area (Å²) >= 11 is 0. The minimum atomic E-state index is -0.508. The number of benzene rings is 1. The third-order valence-electron chi connectivity index (χ3n) is 7.78. The number of anilines is 2. The van der Waals surface area contributed by atoms with Crippen LogP contribution in [0.25, 0.3) is 0 Å². The summed E-state index contributed by atoms with van der Waals surface area (Å²) in [4.78, 5) is 16.9. The normalized spacial score (nSPS) is 27.6. The van der Waals surface area contributed by atoms with E-state index in [0.29, 0.717) is 23.0 Å². The van der Waals surface area contributed by atoms with Crippen LogP contribution in [0.4, 0.5) is 11.5 Å². The second-order valence-corrected chi connectivity index (χ2v) is 9.54. The number of fused-ring (bicyclic) bond motifs is 3. The molecule has 166 valence electrons. The van der Waals surface area contributed by atoms with Crippen LogP contribution in [0.3, 0.4) is 0 Å². The number of amides is 1. The summed E-state index contributed by atoms with van der Waals surface area (Å²) in [5.74, 6) is 0.661. The first kappa shape index (κ1) is 21.8. The van der Waals surface area contributed by atoms with Crippen LogP contribution in [0.15, 0.2) is 36.5 Å². The SMILES string of the molecule is CCC[C@]1(O)CC[C@]2(CC)c3ccc(C(=O)Nc4cccnc4N)cc3CCC[C@@H]2C1. The van der Waals surface area contributed by atoms with Gasteiger partial charge in [0, 0.05) is 11.8 Å². The van der Waals surface area contributed by atoms with Crippen LogP contribution in [-0.4, -0.2) is 21.6 Å². The van der Waals surface area contributed by atoms with Crippen LogP contribution >= 0.6 is 0 Å². The van der Waals surface area contributed by atoms with Gasteiger partial charge >= 0.3 is 0 Å². The van der Waals surface area contributed by atoms with E-state index in [0.717, 1.165) is 57.8 Å². The van der Waals surface area contributed by atoms with Gasteiger partial charge in [-0.05, 0) is 98.1 Å². The third-order valence-corrected chi connectivity index (χ3v) is 7.78. The molecule has 5 heteroatoms. The van der Waals surface area contributed by atoms with Crippen LogP contribution in [0, 0.1) is 5.92 Å². The van der Waals surface area contributed by atoms with Gasteiger partial charge in [0.1, 0.15) is 5.82 Å². The fourth-order valence-corrected chi connectivity index (χ4v) is 6.18. The molecule has 4 N–H and O–H groups in total. The number of nitrogens with zero attached hydrogens (tertiary/aromatic N) is 1. The molecule has 0 radical (unpaired) electrons. The lowest BCUT2D eigenvalue weighted by atomic mass is 9.56. The molecule has 0 aliphatic heterocycles. The summed E-state index contributed by atoms with van der Waals surface area (Å²) < 4.78 is 0. The first-order chi connectivity index (χ1) is 14.9. The Balaban J connectivity index is 1.63. The van der Waals surface area contributed by atoms with Gasteiger partial charge in [-0.25, -0.2) is 4.98 Å². The van der Waals surface area contributed by atoms with Crippen LogP contribution in [0.1, 0.15) is 86.7 Å². The van der Waals surface area contributed by atoms with Crippen molar-refractivity contribution >= 4 is 17.4 Å². The summed E-state index contributed by atoms with van der Waals surface area (Å²) in [7, 11) is 0. The van der Waals surface area contributed by atoms with Gasteiger partial charge in [-0.3, -0.25) is 4.79 Å². The Morgan fingerprint density at radius 3 is 2.87 bits per heavy atom. The Labute approximate surface area is 185 Å². The average molecular weight is 422 g/mol. The summed E-state index contributed by atoms with van der Waals surface area (Å²) in [6.45, 7) is 4.45. The van der Waals surface area contributed by atoms with Gasteiger partial charge in [0.05, 0.1) is 11.3 Å². The van der Waals surface area contributed by atoms with Crippen molar-refractivity contribution in [1.82, 2.24) is 4.98 Å². The lowest BCUT2D eigenvalue weighted by molar-refractivity contribution is -0.0542. The molecule has 0 saturated heterocycles. The highest BCUT2D eigenvalue weighted by atomic mass is 16.3. The molecule has 1 saturated carbocycles. The van der Waals surface area contributed by atoms with Crippen molar-refractivity contribution in [2.75, 3.05) is 11.1 Å². The van der Waals surface area contributed by atoms with Crippen molar-refractivity contribution in [3.63, 3.8) is 0 Å².